The molecule has 92 valence electrons. The maximum atomic E-state index is 4.20. The Morgan fingerprint density at radius 2 is 1.42 bits per heavy atom. The molecule has 3 heteroatoms. The van der Waals surface area contributed by atoms with Crippen LogP contribution < -0.4 is 0 Å². The van der Waals surface area contributed by atoms with Gasteiger partial charge in [0.15, 0.2) is 0 Å². The van der Waals surface area contributed by atoms with Crippen molar-refractivity contribution in [2.24, 2.45) is 0 Å². The van der Waals surface area contributed by atoms with Crippen molar-refractivity contribution >= 4 is 15.9 Å². The van der Waals surface area contributed by atoms with E-state index in [-0.39, 0.29) is 0 Å². The number of hydrogen-bond donors (Lipinski definition) is 0. The van der Waals surface area contributed by atoms with Crippen molar-refractivity contribution in [3.8, 4) is 22.3 Å². The molecule has 0 bridgehead atoms. The third kappa shape index (κ3) is 2.71. The molecule has 0 radical (unpaired) electrons. The first kappa shape index (κ1) is 12.1. The van der Waals surface area contributed by atoms with E-state index in [1.165, 1.54) is 0 Å². The molecule has 0 saturated carbocycles. The highest BCUT2D eigenvalue weighted by atomic mass is 79.9. The molecule has 0 atom stereocenters. The van der Waals surface area contributed by atoms with Gasteiger partial charge >= 0.3 is 0 Å². The van der Waals surface area contributed by atoms with E-state index in [0.717, 1.165) is 26.7 Å². The number of aromatic nitrogens is 2. The molecule has 0 N–H and O–H groups in total. The lowest BCUT2D eigenvalue weighted by Crippen LogP contribution is -1.83. The Hall–Kier alpha value is -2.00. The van der Waals surface area contributed by atoms with Crippen molar-refractivity contribution in [1.29, 1.82) is 0 Å². The number of rotatable bonds is 2. The summed E-state index contributed by atoms with van der Waals surface area (Å²) in [5.74, 6) is 0. The standard InChI is InChI=1S/C16H11BrN2/c17-16-8-15(10-19-11-16)13-4-1-3-12(7-13)14-5-2-6-18-9-14/h1-11H. The molecule has 0 unspecified atom stereocenters. The van der Waals surface area contributed by atoms with Crippen LogP contribution in [0.15, 0.2) is 71.7 Å². The fourth-order valence-electron chi connectivity index (χ4n) is 1.98. The summed E-state index contributed by atoms with van der Waals surface area (Å²) < 4.78 is 0.983. The third-order valence-electron chi connectivity index (χ3n) is 2.90. The van der Waals surface area contributed by atoms with Crippen LogP contribution >= 0.6 is 15.9 Å². The highest BCUT2D eigenvalue weighted by Crippen LogP contribution is 2.26. The van der Waals surface area contributed by atoms with Gasteiger partial charge in [-0.2, -0.15) is 0 Å². The fraction of sp³-hybridized carbons (Fsp3) is 0. The van der Waals surface area contributed by atoms with Gasteiger partial charge in [0.2, 0.25) is 0 Å². The van der Waals surface area contributed by atoms with Gasteiger partial charge in [-0.3, -0.25) is 9.97 Å². The largest absolute Gasteiger partial charge is 0.264 e. The van der Waals surface area contributed by atoms with Gasteiger partial charge < -0.3 is 0 Å². The molecule has 0 aliphatic heterocycles. The lowest BCUT2D eigenvalue weighted by Gasteiger charge is -2.05. The van der Waals surface area contributed by atoms with Crippen molar-refractivity contribution < 1.29 is 0 Å². The summed E-state index contributed by atoms with van der Waals surface area (Å²) in [5, 5.41) is 0. The highest BCUT2D eigenvalue weighted by Gasteiger charge is 2.02. The molecular weight excluding hydrogens is 300 g/mol. The van der Waals surface area contributed by atoms with Gasteiger partial charge in [-0.1, -0.05) is 24.3 Å². The summed E-state index contributed by atoms with van der Waals surface area (Å²) >= 11 is 3.45. The Morgan fingerprint density at radius 3 is 2.16 bits per heavy atom. The summed E-state index contributed by atoms with van der Waals surface area (Å²) in [4.78, 5) is 8.36. The van der Waals surface area contributed by atoms with Gasteiger partial charge in [-0.25, -0.2) is 0 Å². The van der Waals surface area contributed by atoms with Gasteiger partial charge in [-0.15, -0.1) is 0 Å². The van der Waals surface area contributed by atoms with Gasteiger partial charge in [0, 0.05) is 40.4 Å². The average Bonchev–Trinajstić information content (AvgIpc) is 2.48. The van der Waals surface area contributed by atoms with Crippen LogP contribution in [0.5, 0.6) is 0 Å². The van der Waals surface area contributed by atoms with Crippen LogP contribution in [0.4, 0.5) is 0 Å². The Labute approximate surface area is 120 Å². The number of halogens is 1. The van der Waals surface area contributed by atoms with Crippen molar-refractivity contribution in [2.45, 2.75) is 0 Å². The first-order valence-electron chi connectivity index (χ1n) is 5.94. The van der Waals surface area contributed by atoms with Crippen LogP contribution in [0.25, 0.3) is 22.3 Å². The molecular formula is C16H11BrN2. The molecule has 1 aromatic carbocycles. The van der Waals surface area contributed by atoms with Gasteiger partial charge in [0.1, 0.15) is 0 Å². The number of nitrogens with zero attached hydrogens (tertiary/aromatic N) is 2. The predicted molar refractivity (Wildman–Crippen MR) is 80.6 cm³/mol. The van der Waals surface area contributed by atoms with E-state index < -0.39 is 0 Å². The predicted octanol–water partition coefficient (Wildman–Crippen LogP) is 4.57. The number of benzene rings is 1. The molecule has 19 heavy (non-hydrogen) atoms. The first-order chi connectivity index (χ1) is 9.33. The zero-order valence-corrected chi connectivity index (χ0v) is 11.7. The van der Waals surface area contributed by atoms with Crippen molar-refractivity contribution in [1.82, 2.24) is 9.97 Å². The van der Waals surface area contributed by atoms with E-state index >= 15 is 0 Å². The van der Waals surface area contributed by atoms with E-state index in [2.05, 4.69) is 62.3 Å². The Morgan fingerprint density at radius 1 is 0.684 bits per heavy atom. The monoisotopic (exact) mass is 310 g/mol. The maximum absolute atomic E-state index is 4.20. The Balaban J connectivity index is 2.06. The highest BCUT2D eigenvalue weighted by molar-refractivity contribution is 9.10. The van der Waals surface area contributed by atoms with E-state index in [4.69, 9.17) is 0 Å². The second-order valence-electron chi connectivity index (χ2n) is 4.21. The lowest BCUT2D eigenvalue weighted by molar-refractivity contribution is 1.31. The minimum absolute atomic E-state index is 0.983. The Bertz CT molecular complexity index is 696. The fourth-order valence-corrected chi connectivity index (χ4v) is 2.35. The molecule has 2 aromatic heterocycles. The molecule has 3 aromatic rings. The SMILES string of the molecule is Brc1cncc(-c2cccc(-c3cccnc3)c2)c1. The molecule has 0 aliphatic rings. The molecule has 0 fully saturated rings. The second-order valence-corrected chi connectivity index (χ2v) is 5.13. The molecule has 0 aliphatic carbocycles. The molecule has 0 saturated heterocycles. The summed E-state index contributed by atoms with van der Waals surface area (Å²) in [7, 11) is 0. The van der Waals surface area contributed by atoms with E-state index in [9.17, 15) is 0 Å². The zero-order chi connectivity index (χ0) is 13.1. The van der Waals surface area contributed by atoms with Crippen LogP contribution in [-0.4, -0.2) is 9.97 Å². The normalized spacial score (nSPS) is 10.4. The van der Waals surface area contributed by atoms with Crippen LogP contribution in [0.1, 0.15) is 0 Å². The van der Waals surface area contributed by atoms with Crippen LogP contribution in [0.2, 0.25) is 0 Å². The minimum Gasteiger partial charge on any atom is -0.264 e. The average molecular weight is 311 g/mol. The van der Waals surface area contributed by atoms with Gasteiger partial charge in [0.25, 0.3) is 0 Å². The number of pyridine rings is 2. The van der Waals surface area contributed by atoms with E-state index in [1.54, 1.807) is 12.4 Å². The summed E-state index contributed by atoms with van der Waals surface area (Å²) in [6.07, 6.45) is 7.31. The van der Waals surface area contributed by atoms with Crippen LogP contribution in [0, 0.1) is 0 Å². The van der Waals surface area contributed by atoms with Crippen LogP contribution in [0.3, 0.4) is 0 Å². The molecule has 2 heterocycles. The molecule has 3 rings (SSSR count). The van der Waals surface area contributed by atoms with Crippen LogP contribution in [-0.2, 0) is 0 Å². The topological polar surface area (TPSA) is 25.8 Å². The third-order valence-corrected chi connectivity index (χ3v) is 3.33. The van der Waals surface area contributed by atoms with Crippen molar-refractivity contribution in [3.63, 3.8) is 0 Å². The zero-order valence-electron chi connectivity index (χ0n) is 10.1. The minimum atomic E-state index is 0.983. The second kappa shape index (κ2) is 5.33. The van der Waals surface area contributed by atoms with E-state index in [0.29, 0.717) is 0 Å². The molecule has 0 amide bonds. The van der Waals surface area contributed by atoms with Crippen molar-refractivity contribution in [2.75, 3.05) is 0 Å². The quantitative estimate of drug-likeness (QED) is 0.692. The first-order valence-corrected chi connectivity index (χ1v) is 6.73. The van der Waals surface area contributed by atoms with Gasteiger partial charge in [0.05, 0.1) is 0 Å². The smallest absolute Gasteiger partial charge is 0.0410 e. The summed E-state index contributed by atoms with van der Waals surface area (Å²) in [6.45, 7) is 0. The van der Waals surface area contributed by atoms with E-state index in [1.807, 2.05) is 18.5 Å². The summed E-state index contributed by atoms with van der Waals surface area (Å²) in [6, 6.07) is 14.5. The maximum Gasteiger partial charge on any atom is 0.0410 e. The number of hydrogen-bond acceptors (Lipinski definition) is 2. The van der Waals surface area contributed by atoms with Crippen molar-refractivity contribution in [3.05, 3.63) is 71.7 Å². The molecule has 0 spiro atoms. The van der Waals surface area contributed by atoms with Gasteiger partial charge in [-0.05, 0) is 45.3 Å². The summed E-state index contributed by atoms with van der Waals surface area (Å²) in [5.41, 5.74) is 4.52. The molecule has 2 nitrogen and oxygen atoms in total. The Kier molecular flexibility index (Phi) is 3.38. The lowest BCUT2D eigenvalue weighted by atomic mass is 10.0.